The number of carbonyl (C=O) groups is 2. The van der Waals surface area contributed by atoms with E-state index in [2.05, 4.69) is 29.2 Å². The summed E-state index contributed by atoms with van der Waals surface area (Å²) in [5, 5.41) is 14.0. The van der Waals surface area contributed by atoms with Crippen molar-refractivity contribution in [3.8, 4) is 5.75 Å². The molecule has 3 atom stereocenters. The first-order valence-corrected chi connectivity index (χ1v) is 14.8. The molecule has 5 rings (SSSR count). The molecule has 9 nitrogen and oxygen atoms in total. The van der Waals surface area contributed by atoms with E-state index in [4.69, 9.17) is 4.74 Å². The first-order chi connectivity index (χ1) is 20.7. The van der Waals surface area contributed by atoms with E-state index in [9.17, 15) is 14.7 Å². The van der Waals surface area contributed by atoms with E-state index in [-0.39, 0.29) is 49.3 Å². The molecule has 2 aromatic carbocycles. The van der Waals surface area contributed by atoms with Gasteiger partial charge in [0, 0.05) is 73.3 Å². The second-order valence-electron chi connectivity index (χ2n) is 11.8. The summed E-state index contributed by atoms with van der Waals surface area (Å²) >= 11 is 0. The number of aliphatic hydroxyl groups is 1. The second kappa shape index (κ2) is 13.4. The van der Waals surface area contributed by atoms with Crippen molar-refractivity contribution in [3.05, 3.63) is 89.9 Å². The fourth-order valence-electron chi connectivity index (χ4n) is 5.84. The summed E-state index contributed by atoms with van der Waals surface area (Å²) in [6.45, 7) is 5.67. The topological polar surface area (TPSA) is 99.9 Å². The average Bonchev–Trinajstić information content (AvgIpc) is 3.32. The quantitative estimate of drug-likeness (QED) is 0.309. The number of aromatic nitrogens is 2. The number of rotatable bonds is 9. The highest BCUT2D eigenvalue weighted by molar-refractivity contribution is 5.96. The van der Waals surface area contributed by atoms with E-state index in [0.29, 0.717) is 30.1 Å². The van der Waals surface area contributed by atoms with Crippen molar-refractivity contribution < 1.29 is 19.4 Å². The summed E-state index contributed by atoms with van der Waals surface area (Å²) in [6, 6.07) is 17.2. The van der Waals surface area contributed by atoms with E-state index in [1.807, 2.05) is 79.3 Å². The molecule has 0 saturated carbocycles. The van der Waals surface area contributed by atoms with Gasteiger partial charge in [0.1, 0.15) is 11.9 Å². The number of amides is 2. The van der Waals surface area contributed by atoms with Crippen LogP contribution in [0.3, 0.4) is 0 Å². The number of pyridine rings is 1. The lowest BCUT2D eigenvalue weighted by atomic mass is 10.0. The van der Waals surface area contributed by atoms with Crippen LogP contribution in [0, 0.1) is 5.92 Å². The molecule has 43 heavy (non-hydrogen) atoms. The molecule has 9 heteroatoms. The minimum atomic E-state index is -0.324. The molecule has 2 N–H and O–H groups in total. The van der Waals surface area contributed by atoms with Crippen LogP contribution in [0.15, 0.2) is 73.2 Å². The van der Waals surface area contributed by atoms with Gasteiger partial charge in [0.25, 0.3) is 0 Å². The SMILES string of the molecule is C[C@@H]1CN([C@@H](C)CO)C(=O)Cc2cc(NC(=O)Cc3cn(C)c4ccccc34)ccc2O[C@H]1CN(C)Cc1ccncc1. The summed E-state index contributed by atoms with van der Waals surface area (Å²) < 4.78 is 8.67. The first-order valence-electron chi connectivity index (χ1n) is 14.8. The number of ether oxygens (including phenoxy) is 1. The number of hydrogen-bond acceptors (Lipinski definition) is 6. The van der Waals surface area contributed by atoms with E-state index in [0.717, 1.165) is 28.6 Å². The molecule has 1 aliphatic heterocycles. The number of likely N-dealkylation sites (N-methyl/N-ethyl adjacent to an activating group) is 1. The Morgan fingerprint density at radius 1 is 1.19 bits per heavy atom. The van der Waals surface area contributed by atoms with Crippen LogP contribution in [-0.4, -0.2) is 75.2 Å². The molecule has 0 radical (unpaired) electrons. The van der Waals surface area contributed by atoms with E-state index in [1.165, 1.54) is 0 Å². The van der Waals surface area contributed by atoms with Crippen molar-refractivity contribution in [1.82, 2.24) is 19.4 Å². The van der Waals surface area contributed by atoms with Crippen LogP contribution in [0.2, 0.25) is 0 Å². The summed E-state index contributed by atoms with van der Waals surface area (Å²) in [5.74, 6) is 0.423. The number of anilines is 1. The Kier molecular flexibility index (Phi) is 9.43. The Morgan fingerprint density at radius 2 is 1.95 bits per heavy atom. The normalized spacial score (nSPS) is 18.0. The van der Waals surface area contributed by atoms with Gasteiger partial charge in [-0.1, -0.05) is 25.1 Å². The molecule has 1 aliphatic rings. The zero-order valence-electron chi connectivity index (χ0n) is 25.4. The molecular weight excluding hydrogens is 542 g/mol. The van der Waals surface area contributed by atoms with Crippen LogP contribution in [0.25, 0.3) is 10.9 Å². The van der Waals surface area contributed by atoms with Gasteiger partial charge in [-0.25, -0.2) is 0 Å². The molecule has 2 aromatic heterocycles. The number of nitrogens with zero attached hydrogens (tertiary/aromatic N) is 4. The van der Waals surface area contributed by atoms with Crippen LogP contribution >= 0.6 is 0 Å². The van der Waals surface area contributed by atoms with Crippen LogP contribution in [0.1, 0.15) is 30.5 Å². The van der Waals surface area contributed by atoms with Gasteiger partial charge in [-0.2, -0.15) is 0 Å². The fourth-order valence-corrected chi connectivity index (χ4v) is 5.84. The monoisotopic (exact) mass is 583 g/mol. The number of para-hydroxylation sites is 1. The minimum absolute atomic E-state index is 0.00358. The zero-order chi connectivity index (χ0) is 30.5. The van der Waals surface area contributed by atoms with Crippen LogP contribution in [0.4, 0.5) is 5.69 Å². The molecule has 4 aromatic rings. The summed E-state index contributed by atoms with van der Waals surface area (Å²) in [5.41, 5.74) is 4.51. The van der Waals surface area contributed by atoms with Crippen molar-refractivity contribution >= 4 is 28.4 Å². The van der Waals surface area contributed by atoms with E-state index < -0.39 is 0 Å². The highest BCUT2D eigenvalue weighted by Crippen LogP contribution is 2.30. The van der Waals surface area contributed by atoms with Gasteiger partial charge in [0.2, 0.25) is 11.8 Å². The lowest BCUT2D eigenvalue weighted by molar-refractivity contribution is -0.134. The summed E-state index contributed by atoms with van der Waals surface area (Å²) in [4.78, 5) is 34.8. The summed E-state index contributed by atoms with van der Waals surface area (Å²) in [7, 11) is 4.03. The van der Waals surface area contributed by atoms with Gasteiger partial charge in [-0.15, -0.1) is 0 Å². The van der Waals surface area contributed by atoms with Gasteiger partial charge in [0.15, 0.2) is 0 Å². The van der Waals surface area contributed by atoms with E-state index >= 15 is 0 Å². The Bertz CT molecular complexity index is 1570. The lowest BCUT2D eigenvalue weighted by Crippen LogP contribution is -2.47. The molecule has 0 bridgehead atoms. The third-order valence-electron chi connectivity index (χ3n) is 8.22. The van der Waals surface area contributed by atoms with Crippen molar-refractivity contribution in [2.45, 2.75) is 45.4 Å². The maximum atomic E-state index is 13.6. The lowest BCUT2D eigenvalue weighted by Gasteiger charge is -2.34. The average molecular weight is 584 g/mol. The third-order valence-corrected chi connectivity index (χ3v) is 8.22. The van der Waals surface area contributed by atoms with Gasteiger partial charge < -0.3 is 24.6 Å². The molecule has 0 saturated heterocycles. The zero-order valence-corrected chi connectivity index (χ0v) is 25.4. The van der Waals surface area contributed by atoms with Crippen LogP contribution < -0.4 is 10.1 Å². The number of aryl methyl sites for hydroxylation is 1. The molecular formula is C34H41N5O4. The highest BCUT2D eigenvalue weighted by atomic mass is 16.5. The number of hydrogen-bond donors (Lipinski definition) is 2. The highest BCUT2D eigenvalue weighted by Gasteiger charge is 2.31. The molecule has 0 aliphatic carbocycles. The number of carbonyl (C=O) groups excluding carboxylic acids is 2. The molecule has 226 valence electrons. The fraction of sp³-hybridized carbons (Fsp3) is 0.382. The summed E-state index contributed by atoms with van der Waals surface area (Å²) in [6.07, 6.45) is 5.70. The number of fused-ring (bicyclic) bond motifs is 2. The van der Waals surface area contributed by atoms with Crippen LogP contribution in [-0.2, 0) is 36.0 Å². The van der Waals surface area contributed by atoms with Crippen molar-refractivity contribution in [2.24, 2.45) is 13.0 Å². The molecule has 0 spiro atoms. The largest absolute Gasteiger partial charge is 0.488 e. The predicted octanol–water partition coefficient (Wildman–Crippen LogP) is 4.04. The Balaban J connectivity index is 1.37. The number of nitrogens with one attached hydrogen (secondary N) is 1. The smallest absolute Gasteiger partial charge is 0.228 e. The van der Waals surface area contributed by atoms with Gasteiger partial charge in [-0.3, -0.25) is 19.5 Å². The van der Waals surface area contributed by atoms with Crippen LogP contribution in [0.5, 0.6) is 5.75 Å². The van der Waals surface area contributed by atoms with Crippen molar-refractivity contribution in [1.29, 1.82) is 0 Å². The predicted molar refractivity (Wildman–Crippen MR) is 168 cm³/mol. The minimum Gasteiger partial charge on any atom is -0.488 e. The second-order valence-corrected chi connectivity index (χ2v) is 11.8. The number of aliphatic hydroxyl groups excluding tert-OH is 1. The van der Waals surface area contributed by atoms with Gasteiger partial charge >= 0.3 is 0 Å². The maximum Gasteiger partial charge on any atom is 0.228 e. The molecule has 3 heterocycles. The molecule has 0 unspecified atom stereocenters. The first kappa shape index (κ1) is 30.3. The Hall–Kier alpha value is -4.21. The standard InChI is InChI=1S/C34H41N5O4/c1-23-18-39(24(2)22-40)34(42)17-26-15-28(36-33(41)16-27-20-38(4)30-8-6-5-7-29(27)30)9-10-31(26)43-32(23)21-37(3)19-25-11-13-35-14-12-25/h5-15,20,23-24,32,40H,16-19,21-22H2,1-4H3,(H,36,41)/t23-,24+,32+/m1/s1. The van der Waals surface area contributed by atoms with Gasteiger partial charge in [-0.05, 0) is 61.5 Å². The third kappa shape index (κ3) is 7.24. The van der Waals surface area contributed by atoms with Crippen molar-refractivity contribution in [2.75, 3.05) is 32.1 Å². The molecule has 2 amide bonds. The Morgan fingerprint density at radius 3 is 2.72 bits per heavy atom. The maximum absolute atomic E-state index is 13.6. The Labute approximate surface area is 253 Å². The number of benzene rings is 2. The van der Waals surface area contributed by atoms with Gasteiger partial charge in [0.05, 0.1) is 25.5 Å². The van der Waals surface area contributed by atoms with E-state index in [1.54, 1.807) is 17.3 Å². The van der Waals surface area contributed by atoms with Crippen molar-refractivity contribution in [3.63, 3.8) is 0 Å². The molecule has 0 fully saturated rings.